The molecule has 0 amide bonds. The third-order valence-electron chi connectivity index (χ3n) is 4.52. The second-order valence-corrected chi connectivity index (χ2v) is 12.0. The van der Waals surface area contributed by atoms with Gasteiger partial charge in [0.25, 0.3) is 0 Å². The fourth-order valence-corrected chi connectivity index (χ4v) is 6.44. The zero-order valence-electron chi connectivity index (χ0n) is 16.4. The van der Waals surface area contributed by atoms with Gasteiger partial charge in [0.05, 0.1) is 18.1 Å². The number of benzene rings is 1. The maximum Gasteiger partial charge on any atom is 0.226 e. The molecule has 0 aliphatic carbocycles. The molecule has 0 spiro atoms. The minimum absolute atomic E-state index is 0.0878. The molecule has 1 aliphatic rings. The molecule has 1 aromatic heterocycles. The first-order valence-electron chi connectivity index (χ1n) is 9.24. The molecule has 2 heterocycles. The van der Waals surface area contributed by atoms with Crippen LogP contribution in [0, 0.1) is 6.92 Å². The summed E-state index contributed by atoms with van der Waals surface area (Å²) >= 11 is 0.854. The molecule has 29 heavy (non-hydrogen) atoms. The van der Waals surface area contributed by atoms with E-state index in [0.717, 1.165) is 62.4 Å². The highest BCUT2D eigenvalue weighted by molar-refractivity contribution is 7.93. The number of ether oxygens (including phenoxy) is 1. The molecule has 3 rings (SSSR count). The summed E-state index contributed by atoms with van der Waals surface area (Å²) in [7, 11) is -7.56. The highest BCUT2D eigenvalue weighted by Gasteiger charge is 2.29. The Labute approximate surface area is 175 Å². The number of nitrogens with zero attached hydrogens (tertiary/aromatic N) is 2. The van der Waals surface area contributed by atoms with Gasteiger partial charge in [-0.05, 0) is 32.0 Å². The molecule has 1 aromatic carbocycles. The summed E-state index contributed by atoms with van der Waals surface area (Å²) in [6.07, 6.45) is 1.81. The first kappa shape index (κ1) is 22.2. The molecule has 1 fully saturated rings. The molecule has 0 unspecified atom stereocenters. The van der Waals surface area contributed by atoms with Crippen molar-refractivity contribution in [3.63, 3.8) is 0 Å². The van der Waals surface area contributed by atoms with E-state index < -0.39 is 19.7 Å². The van der Waals surface area contributed by atoms with Crippen LogP contribution < -0.4 is 5.32 Å². The summed E-state index contributed by atoms with van der Waals surface area (Å²) in [6, 6.07) is 6.41. The maximum absolute atomic E-state index is 13.1. The lowest BCUT2D eigenvalue weighted by Crippen LogP contribution is -2.37. The average Bonchev–Trinajstić information content (AvgIpc) is 3.12. The Bertz CT molecular complexity index is 1040. The van der Waals surface area contributed by atoms with Crippen molar-refractivity contribution in [2.75, 3.05) is 51.0 Å². The Kier molecular flexibility index (Phi) is 6.94. The van der Waals surface area contributed by atoms with Crippen LogP contribution in [0.2, 0.25) is 0 Å². The predicted molar refractivity (Wildman–Crippen MR) is 112 cm³/mol. The standard InChI is InChI=1S/C18H25N3O5S3/c1-14-4-6-15(7-5-14)29(24,25)17-16(27-18(20-17)28(2,22)23)19-8-3-9-21-10-12-26-13-11-21/h4-7,19H,3,8-13H2,1-2H3. The lowest BCUT2D eigenvalue weighted by molar-refractivity contribution is 0.0378. The maximum atomic E-state index is 13.1. The number of nitrogens with one attached hydrogen (secondary N) is 1. The summed E-state index contributed by atoms with van der Waals surface area (Å²) in [5.41, 5.74) is 0.931. The highest BCUT2D eigenvalue weighted by Crippen LogP contribution is 2.34. The Hall–Kier alpha value is -1.53. The van der Waals surface area contributed by atoms with Crippen LogP contribution in [0.4, 0.5) is 5.00 Å². The number of sulfone groups is 2. The zero-order valence-corrected chi connectivity index (χ0v) is 18.9. The molecule has 0 bridgehead atoms. The first-order valence-corrected chi connectivity index (χ1v) is 13.4. The molecular weight excluding hydrogens is 434 g/mol. The van der Waals surface area contributed by atoms with Crippen molar-refractivity contribution in [3.8, 4) is 0 Å². The van der Waals surface area contributed by atoms with Gasteiger partial charge in [0.2, 0.25) is 24.0 Å². The van der Waals surface area contributed by atoms with Gasteiger partial charge in [0.1, 0.15) is 5.00 Å². The van der Waals surface area contributed by atoms with Gasteiger partial charge in [0, 0.05) is 25.9 Å². The Balaban J connectivity index is 1.80. The monoisotopic (exact) mass is 459 g/mol. The molecule has 8 nitrogen and oxygen atoms in total. The van der Waals surface area contributed by atoms with Crippen LogP contribution in [-0.4, -0.2) is 72.4 Å². The van der Waals surface area contributed by atoms with E-state index in [1.165, 1.54) is 12.1 Å². The summed E-state index contributed by atoms with van der Waals surface area (Å²) < 4.78 is 55.2. The van der Waals surface area contributed by atoms with Crippen molar-refractivity contribution < 1.29 is 21.6 Å². The first-order chi connectivity index (χ1) is 13.7. The van der Waals surface area contributed by atoms with Crippen molar-refractivity contribution in [1.82, 2.24) is 9.88 Å². The highest BCUT2D eigenvalue weighted by atomic mass is 32.2. The zero-order chi connectivity index (χ0) is 21.1. The van der Waals surface area contributed by atoms with Gasteiger partial charge in [-0.2, -0.15) is 0 Å². The minimum Gasteiger partial charge on any atom is -0.379 e. The molecule has 1 N–H and O–H groups in total. The van der Waals surface area contributed by atoms with Crippen LogP contribution in [0.15, 0.2) is 38.5 Å². The van der Waals surface area contributed by atoms with E-state index in [9.17, 15) is 16.8 Å². The van der Waals surface area contributed by atoms with E-state index >= 15 is 0 Å². The molecule has 1 aliphatic heterocycles. The van der Waals surface area contributed by atoms with Crippen LogP contribution >= 0.6 is 11.3 Å². The molecule has 11 heteroatoms. The van der Waals surface area contributed by atoms with Gasteiger partial charge in [0.15, 0.2) is 5.03 Å². The van der Waals surface area contributed by atoms with Crippen molar-refractivity contribution in [3.05, 3.63) is 29.8 Å². The van der Waals surface area contributed by atoms with Crippen LogP contribution in [0.25, 0.3) is 0 Å². The topological polar surface area (TPSA) is 106 Å². The van der Waals surface area contributed by atoms with Crippen molar-refractivity contribution in [2.24, 2.45) is 0 Å². The molecule has 0 atom stereocenters. The summed E-state index contributed by atoms with van der Waals surface area (Å²) in [5.74, 6) is 0. The minimum atomic E-state index is -3.94. The van der Waals surface area contributed by atoms with E-state index in [-0.39, 0.29) is 19.3 Å². The number of thiazole rings is 1. The molecule has 160 valence electrons. The number of anilines is 1. The van der Waals surface area contributed by atoms with E-state index in [4.69, 9.17) is 4.74 Å². The summed E-state index contributed by atoms with van der Waals surface area (Å²) in [4.78, 5) is 6.34. The Morgan fingerprint density at radius 3 is 2.41 bits per heavy atom. The van der Waals surface area contributed by atoms with E-state index in [1.807, 2.05) is 6.92 Å². The molecule has 1 saturated heterocycles. The largest absolute Gasteiger partial charge is 0.379 e. The van der Waals surface area contributed by atoms with E-state index in [1.54, 1.807) is 12.1 Å². The van der Waals surface area contributed by atoms with Crippen molar-refractivity contribution in [2.45, 2.75) is 27.6 Å². The second kappa shape index (κ2) is 9.09. The lowest BCUT2D eigenvalue weighted by atomic mass is 10.2. The summed E-state index contributed by atoms with van der Waals surface area (Å²) in [6.45, 7) is 6.44. The number of hydrogen-bond donors (Lipinski definition) is 1. The number of hydrogen-bond acceptors (Lipinski definition) is 9. The summed E-state index contributed by atoms with van der Waals surface area (Å²) in [5, 5.41) is 3.11. The number of morpholine rings is 1. The van der Waals surface area contributed by atoms with Gasteiger partial charge in [-0.1, -0.05) is 29.0 Å². The molecule has 0 radical (unpaired) electrons. The Morgan fingerprint density at radius 2 is 1.79 bits per heavy atom. The smallest absolute Gasteiger partial charge is 0.226 e. The van der Waals surface area contributed by atoms with Crippen LogP contribution in [0.5, 0.6) is 0 Å². The van der Waals surface area contributed by atoms with Gasteiger partial charge in [-0.15, -0.1) is 0 Å². The SMILES string of the molecule is Cc1ccc(S(=O)(=O)c2nc(S(C)(=O)=O)sc2NCCCN2CCOCC2)cc1. The van der Waals surface area contributed by atoms with Crippen LogP contribution in [0.3, 0.4) is 0 Å². The quantitative estimate of drug-likeness (QED) is 0.596. The van der Waals surface area contributed by atoms with Gasteiger partial charge in [-0.3, -0.25) is 4.90 Å². The van der Waals surface area contributed by atoms with E-state index in [2.05, 4.69) is 15.2 Å². The predicted octanol–water partition coefficient (Wildman–Crippen LogP) is 1.82. The second-order valence-electron chi connectivity index (χ2n) is 6.94. The fraction of sp³-hybridized carbons (Fsp3) is 0.500. The number of aromatic nitrogens is 1. The Morgan fingerprint density at radius 1 is 1.14 bits per heavy atom. The van der Waals surface area contributed by atoms with Gasteiger partial charge < -0.3 is 10.1 Å². The van der Waals surface area contributed by atoms with Crippen LogP contribution in [-0.2, 0) is 24.4 Å². The third kappa shape index (κ3) is 5.54. The lowest BCUT2D eigenvalue weighted by Gasteiger charge is -2.26. The van der Waals surface area contributed by atoms with Crippen LogP contribution in [0.1, 0.15) is 12.0 Å². The third-order valence-corrected chi connectivity index (χ3v) is 9.04. The van der Waals surface area contributed by atoms with E-state index in [0.29, 0.717) is 6.54 Å². The fourth-order valence-electron chi connectivity index (χ4n) is 2.90. The number of aryl methyl sites for hydroxylation is 1. The number of rotatable bonds is 8. The molecule has 0 saturated carbocycles. The molecular formula is C18H25N3O5S3. The van der Waals surface area contributed by atoms with Gasteiger partial charge >= 0.3 is 0 Å². The average molecular weight is 460 g/mol. The molecule has 2 aromatic rings. The van der Waals surface area contributed by atoms with Crippen molar-refractivity contribution >= 4 is 36.0 Å². The van der Waals surface area contributed by atoms with Crippen molar-refractivity contribution in [1.29, 1.82) is 0 Å². The normalized spacial score (nSPS) is 16.1. The van der Waals surface area contributed by atoms with Gasteiger partial charge in [-0.25, -0.2) is 21.8 Å².